The van der Waals surface area contributed by atoms with Crippen LogP contribution in [0.1, 0.15) is 5.69 Å². The molecule has 0 aliphatic rings. The summed E-state index contributed by atoms with van der Waals surface area (Å²) in [6, 6.07) is 2.60. The molecule has 10 heteroatoms. The van der Waals surface area contributed by atoms with Crippen molar-refractivity contribution in [1.82, 2.24) is 4.98 Å². The van der Waals surface area contributed by atoms with E-state index in [1.165, 1.54) is 12.1 Å². The number of aromatic nitrogens is 1. The van der Waals surface area contributed by atoms with Crippen molar-refractivity contribution < 1.29 is 30.4 Å². The van der Waals surface area contributed by atoms with Gasteiger partial charge in [-0.05, 0) is 19.1 Å². The van der Waals surface area contributed by atoms with Crippen molar-refractivity contribution in [3.8, 4) is 0 Å². The largest absolute Gasteiger partial charge is 0.278 e. The second-order valence-corrected chi connectivity index (χ2v) is 5.81. The number of pyridine rings is 1. The van der Waals surface area contributed by atoms with Gasteiger partial charge in [0.05, 0.1) is 11.9 Å². The van der Waals surface area contributed by atoms with Crippen LogP contribution in [0.25, 0.3) is 0 Å². The number of nitrogens with one attached hydrogen (secondary N) is 1. The first-order valence-corrected chi connectivity index (χ1v) is 7.10. The first-order valence-electron chi connectivity index (χ1n) is 5.62. The van der Waals surface area contributed by atoms with Crippen molar-refractivity contribution in [2.24, 2.45) is 0 Å². The van der Waals surface area contributed by atoms with Crippen molar-refractivity contribution in [2.75, 3.05) is 4.72 Å². The number of benzene rings is 1. The minimum atomic E-state index is -5.04. The number of nitrogens with zero attached hydrogens (tertiary/aromatic N) is 1. The smallest absolute Gasteiger partial charge is 0.268 e. The van der Waals surface area contributed by atoms with Gasteiger partial charge in [-0.2, -0.15) is 0 Å². The summed E-state index contributed by atoms with van der Waals surface area (Å²) in [4.78, 5) is 1.77. The van der Waals surface area contributed by atoms with E-state index in [1.807, 2.05) is 0 Å². The molecule has 0 radical (unpaired) electrons. The number of sulfonamides is 1. The zero-order chi connectivity index (χ0) is 16.7. The van der Waals surface area contributed by atoms with E-state index in [0.717, 1.165) is 6.20 Å². The SMILES string of the molecule is Cc1ccc(NS(=O)(=O)c2c(F)c(F)c(F)c(F)c2F)cn1. The van der Waals surface area contributed by atoms with Gasteiger partial charge >= 0.3 is 0 Å². The number of hydrogen-bond acceptors (Lipinski definition) is 3. The van der Waals surface area contributed by atoms with Crippen molar-refractivity contribution in [1.29, 1.82) is 0 Å². The summed E-state index contributed by atoms with van der Waals surface area (Å²) in [5.41, 5.74) is 0.328. The highest BCUT2D eigenvalue weighted by atomic mass is 32.2. The predicted octanol–water partition coefficient (Wildman–Crippen LogP) is 2.89. The molecule has 1 N–H and O–H groups in total. The summed E-state index contributed by atoms with van der Waals surface area (Å²) in [6.45, 7) is 1.60. The summed E-state index contributed by atoms with van der Waals surface area (Å²) in [5.74, 6) is -12.0. The van der Waals surface area contributed by atoms with Crippen LogP contribution >= 0.6 is 0 Å². The zero-order valence-electron chi connectivity index (χ0n) is 10.8. The lowest BCUT2D eigenvalue weighted by atomic mass is 10.3. The maximum absolute atomic E-state index is 13.5. The maximum Gasteiger partial charge on any atom is 0.268 e. The fourth-order valence-electron chi connectivity index (χ4n) is 1.56. The van der Waals surface area contributed by atoms with Crippen LogP contribution in [0.4, 0.5) is 27.6 Å². The number of hydrogen-bond donors (Lipinski definition) is 1. The van der Waals surface area contributed by atoms with E-state index in [9.17, 15) is 30.4 Å². The van der Waals surface area contributed by atoms with Gasteiger partial charge in [-0.1, -0.05) is 0 Å². The van der Waals surface area contributed by atoms with Gasteiger partial charge in [-0.15, -0.1) is 0 Å². The molecule has 4 nitrogen and oxygen atoms in total. The third-order valence-corrected chi connectivity index (χ3v) is 4.00. The summed E-state index contributed by atoms with van der Waals surface area (Å²) in [7, 11) is -5.04. The Morgan fingerprint density at radius 1 is 0.909 bits per heavy atom. The lowest BCUT2D eigenvalue weighted by Gasteiger charge is -2.11. The molecule has 0 unspecified atom stereocenters. The topological polar surface area (TPSA) is 59.1 Å². The molecule has 1 heterocycles. The fourth-order valence-corrected chi connectivity index (χ4v) is 2.74. The Labute approximate surface area is 121 Å². The van der Waals surface area contributed by atoms with E-state index in [1.54, 1.807) is 11.6 Å². The van der Waals surface area contributed by atoms with Crippen LogP contribution in [-0.2, 0) is 10.0 Å². The maximum atomic E-state index is 13.5. The first-order chi connectivity index (χ1) is 10.1. The van der Waals surface area contributed by atoms with Gasteiger partial charge in [0.15, 0.2) is 28.2 Å². The lowest BCUT2D eigenvalue weighted by Crippen LogP contribution is -2.19. The Morgan fingerprint density at radius 3 is 1.86 bits per heavy atom. The molecular weight excluding hydrogens is 331 g/mol. The first kappa shape index (κ1) is 16.1. The van der Waals surface area contributed by atoms with Crippen LogP contribution in [0.2, 0.25) is 0 Å². The second kappa shape index (κ2) is 5.52. The standard InChI is InChI=1S/C12H7F5N2O2S/c1-5-2-3-6(4-18-5)19-22(20,21)12-10(16)8(14)7(13)9(15)11(12)17/h2-4,19H,1H3. The Kier molecular flexibility index (Phi) is 4.05. The van der Waals surface area contributed by atoms with Crippen LogP contribution in [0, 0.1) is 36.0 Å². The molecule has 0 bridgehead atoms. The summed E-state index contributed by atoms with van der Waals surface area (Å²) < 4.78 is 91.5. The Hall–Kier alpha value is -2.23. The van der Waals surface area contributed by atoms with E-state index < -0.39 is 44.0 Å². The van der Waals surface area contributed by atoms with Gasteiger partial charge in [0, 0.05) is 5.69 Å². The lowest BCUT2D eigenvalue weighted by molar-refractivity contribution is 0.358. The molecule has 1 aromatic heterocycles. The van der Waals surface area contributed by atoms with E-state index in [0.29, 0.717) is 5.69 Å². The van der Waals surface area contributed by atoms with E-state index >= 15 is 0 Å². The van der Waals surface area contributed by atoms with Gasteiger partial charge < -0.3 is 0 Å². The van der Waals surface area contributed by atoms with Crippen LogP contribution in [0.5, 0.6) is 0 Å². The minimum absolute atomic E-state index is 0.199. The highest BCUT2D eigenvalue weighted by molar-refractivity contribution is 7.92. The Bertz CT molecular complexity index is 809. The normalized spacial score (nSPS) is 11.5. The number of aryl methyl sites for hydroxylation is 1. The molecule has 118 valence electrons. The van der Waals surface area contributed by atoms with E-state index in [4.69, 9.17) is 0 Å². The van der Waals surface area contributed by atoms with Gasteiger partial charge in [0.25, 0.3) is 10.0 Å². The van der Waals surface area contributed by atoms with Crippen molar-refractivity contribution >= 4 is 15.7 Å². The van der Waals surface area contributed by atoms with Crippen LogP contribution in [0.3, 0.4) is 0 Å². The molecule has 0 aliphatic carbocycles. The third kappa shape index (κ3) is 2.73. The summed E-state index contributed by atoms with van der Waals surface area (Å²) >= 11 is 0. The van der Waals surface area contributed by atoms with Crippen molar-refractivity contribution in [2.45, 2.75) is 11.8 Å². The predicted molar refractivity (Wildman–Crippen MR) is 66.0 cm³/mol. The molecule has 0 saturated heterocycles. The molecule has 0 spiro atoms. The molecule has 22 heavy (non-hydrogen) atoms. The van der Waals surface area contributed by atoms with Gasteiger partial charge in [0.2, 0.25) is 5.82 Å². The Morgan fingerprint density at radius 2 is 1.41 bits per heavy atom. The van der Waals surface area contributed by atoms with E-state index in [2.05, 4.69) is 4.98 Å². The van der Waals surface area contributed by atoms with Crippen LogP contribution < -0.4 is 4.72 Å². The zero-order valence-corrected chi connectivity index (χ0v) is 11.6. The monoisotopic (exact) mass is 338 g/mol. The third-order valence-electron chi connectivity index (χ3n) is 2.60. The quantitative estimate of drug-likeness (QED) is 0.532. The fraction of sp³-hybridized carbons (Fsp3) is 0.0833. The molecule has 1 aromatic carbocycles. The molecule has 0 saturated carbocycles. The van der Waals surface area contributed by atoms with Crippen molar-refractivity contribution in [3.05, 3.63) is 53.1 Å². The number of halogens is 5. The molecule has 2 aromatic rings. The van der Waals surface area contributed by atoms with Crippen molar-refractivity contribution in [3.63, 3.8) is 0 Å². The Balaban J connectivity index is 2.57. The number of rotatable bonds is 3. The second-order valence-electron chi connectivity index (χ2n) is 4.19. The molecule has 0 aliphatic heterocycles. The minimum Gasteiger partial charge on any atom is -0.278 e. The average molecular weight is 338 g/mol. The molecular formula is C12H7F5N2O2S. The van der Waals surface area contributed by atoms with Crippen LogP contribution in [-0.4, -0.2) is 13.4 Å². The summed E-state index contributed by atoms with van der Waals surface area (Å²) in [5, 5.41) is 0. The number of anilines is 1. The molecule has 2 rings (SSSR count). The molecule has 0 fully saturated rings. The van der Waals surface area contributed by atoms with Gasteiger partial charge in [-0.3, -0.25) is 9.71 Å². The van der Waals surface area contributed by atoms with Gasteiger partial charge in [0.1, 0.15) is 0 Å². The van der Waals surface area contributed by atoms with Gasteiger partial charge in [-0.25, -0.2) is 30.4 Å². The van der Waals surface area contributed by atoms with Crippen LogP contribution in [0.15, 0.2) is 23.2 Å². The summed E-state index contributed by atoms with van der Waals surface area (Å²) in [6.07, 6.45) is 1.03. The average Bonchev–Trinajstić information content (AvgIpc) is 2.45. The molecule has 0 atom stereocenters. The van der Waals surface area contributed by atoms with E-state index in [-0.39, 0.29) is 5.69 Å². The molecule has 0 amide bonds. The highest BCUT2D eigenvalue weighted by Gasteiger charge is 2.33. The highest BCUT2D eigenvalue weighted by Crippen LogP contribution is 2.28.